The molecule has 0 atom stereocenters. The van der Waals surface area contributed by atoms with Crippen LogP contribution in [0.4, 0.5) is 17.1 Å². The molecule has 0 spiro atoms. The lowest BCUT2D eigenvalue weighted by molar-refractivity contribution is 0.102. The number of fused-ring (bicyclic) bond motifs is 1. The zero-order valence-corrected chi connectivity index (χ0v) is 15.2. The van der Waals surface area contributed by atoms with Crippen LogP contribution in [-0.4, -0.2) is 23.0 Å². The summed E-state index contributed by atoms with van der Waals surface area (Å²) in [5.41, 5.74) is 3.44. The van der Waals surface area contributed by atoms with Gasteiger partial charge >= 0.3 is 0 Å². The normalized spacial score (nSPS) is 10.5. The van der Waals surface area contributed by atoms with E-state index in [0.29, 0.717) is 22.7 Å². The smallest absolute Gasteiger partial charge is 0.257 e. The molecule has 0 unspecified atom stereocenters. The second-order valence-corrected chi connectivity index (χ2v) is 6.12. The fourth-order valence-corrected chi connectivity index (χ4v) is 2.94. The Hall–Kier alpha value is -3.93. The fourth-order valence-electron chi connectivity index (χ4n) is 2.94. The molecule has 0 fully saturated rings. The van der Waals surface area contributed by atoms with Crippen LogP contribution in [0.15, 0.2) is 79.3 Å². The zero-order chi connectivity index (χ0) is 19.3. The maximum atomic E-state index is 12.7. The topological polar surface area (TPSA) is 76.1 Å². The highest BCUT2D eigenvalue weighted by Crippen LogP contribution is 2.26. The summed E-state index contributed by atoms with van der Waals surface area (Å²) in [6, 6.07) is 18.8. The molecular weight excluding hydrogens is 352 g/mol. The van der Waals surface area contributed by atoms with Crippen LogP contribution in [0.25, 0.3) is 10.9 Å². The third-order valence-electron chi connectivity index (χ3n) is 4.27. The van der Waals surface area contributed by atoms with Crippen molar-refractivity contribution in [1.82, 2.24) is 9.97 Å². The quantitative estimate of drug-likeness (QED) is 0.535. The molecule has 0 aliphatic carbocycles. The van der Waals surface area contributed by atoms with Crippen LogP contribution in [0.2, 0.25) is 0 Å². The predicted molar refractivity (Wildman–Crippen MR) is 110 cm³/mol. The van der Waals surface area contributed by atoms with Gasteiger partial charge < -0.3 is 15.4 Å². The summed E-state index contributed by atoms with van der Waals surface area (Å²) < 4.78 is 5.28. The predicted octanol–water partition coefficient (Wildman–Crippen LogP) is 4.63. The average Bonchev–Trinajstić information content (AvgIpc) is 2.74. The molecular formula is C22H18N4O2. The van der Waals surface area contributed by atoms with Gasteiger partial charge in [-0.15, -0.1) is 0 Å². The first-order valence-corrected chi connectivity index (χ1v) is 8.75. The highest BCUT2D eigenvalue weighted by molar-refractivity contribution is 6.05. The number of hydrogen-bond donors (Lipinski definition) is 2. The van der Waals surface area contributed by atoms with Crippen molar-refractivity contribution in [3.8, 4) is 5.75 Å². The minimum absolute atomic E-state index is 0.267. The minimum Gasteiger partial charge on any atom is -0.495 e. The average molecular weight is 370 g/mol. The number of pyridine rings is 2. The van der Waals surface area contributed by atoms with Crippen molar-refractivity contribution < 1.29 is 9.53 Å². The lowest BCUT2D eigenvalue weighted by Gasteiger charge is -2.11. The third kappa shape index (κ3) is 3.61. The number of nitrogens with one attached hydrogen (secondary N) is 2. The number of ether oxygens (including phenoxy) is 1. The lowest BCUT2D eigenvalue weighted by Crippen LogP contribution is -2.13. The Labute approximate surface area is 162 Å². The second-order valence-electron chi connectivity index (χ2n) is 6.12. The molecule has 138 valence electrons. The van der Waals surface area contributed by atoms with E-state index in [-0.39, 0.29) is 5.91 Å². The SMILES string of the molecule is COc1ccccc1NC(=O)c1cncc(Nc2cccc3cccnc23)c1. The van der Waals surface area contributed by atoms with Crippen molar-refractivity contribution in [2.45, 2.75) is 0 Å². The maximum Gasteiger partial charge on any atom is 0.257 e. The van der Waals surface area contributed by atoms with Crippen molar-refractivity contribution in [1.29, 1.82) is 0 Å². The van der Waals surface area contributed by atoms with Crippen LogP contribution in [0.1, 0.15) is 10.4 Å². The Bertz CT molecular complexity index is 1140. The van der Waals surface area contributed by atoms with Gasteiger partial charge in [0, 0.05) is 17.8 Å². The van der Waals surface area contributed by atoms with E-state index < -0.39 is 0 Å². The summed E-state index contributed by atoms with van der Waals surface area (Å²) >= 11 is 0. The number of carbonyl (C=O) groups excluding carboxylic acids is 1. The van der Waals surface area contributed by atoms with Gasteiger partial charge in [-0.25, -0.2) is 0 Å². The molecule has 0 saturated heterocycles. The Morgan fingerprint density at radius 3 is 2.68 bits per heavy atom. The van der Waals surface area contributed by atoms with Crippen LogP contribution in [0, 0.1) is 0 Å². The number of aromatic nitrogens is 2. The van der Waals surface area contributed by atoms with Crippen molar-refractivity contribution in [3.05, 3.63) is 84.8 Å². The molecule has 4 aromatic rings. The molecule has 0 saturated carbocycles. The number of amides is 1. The first kappa shape index (κ1) is 17.5. The highest BCUT2D eigenvalue weighted by Gasteiger charge is 2.11. The van der Waals surface area contributed by atoms with E-state index in [1.807, 2.05) is 42.5 Å². The number of rotatable bonds is 5. The van der Waals surface area contributed by atoms with Gasteiger partial charge in [0.2, 0.25) is 0 Å². The summed E-state index contributed by atoms with van der Waals surface area (Å²) in [5, 5.41) is 7.19. The summed E-state index contributed by atoms with van der Waals surface area (Å²) in [6.45, 7) is 0. The van der Waals surface area contributed by atoms with Crippen LogP contribution in [0.3, 0.4) is 0 Å². The number of anilines is 3. The summed E-state index contributed by atoms with van der Waals surface area (Å²) in [5.74, 6) is 0.330. The molecule has 0 bridgehead atoms. The highest BCUT2D eigenvalue weighted by atomic mass is 16.5. The van der Waals surface area contributed by atoms with Gasteiger partial charge in [0.25, 0.3) is 5.91 Å². The number of benzene rings is 2. The lowest BCUT2D eigenvalue weighted by atomic mass is 10.2. The van der Waals surface area contributed by atoms with Crippen LogP contribution in [0.5, 0.6) is 5.75 Å². The molecule has 2 heterocycles. The van der Waals surface area contributed by atoms with Crippen LogP contribution < -0.4 is 15.4 Å². The minimum atomic E-state index is -0.267. The molecule has 0 radical (unpaired) electrons. The molecule has 0 aliphatic heterocycles. The summed E-state index contributed by atoms with van der Waals surface area (Å²) in [4.78, 5) is 21.3. The van der Waals surface area contributed by atoms with E-state index in [0.717, 1.165) is 16.6 Å². The van der Waals surface area contributed by atoms with Crippen LogP contribution in [-0.2, 0) is 0 Å². The zero-order valence-electron chi connectivity index (χ0n) is 15.2. The second kappa shape index (κ2) is 7.75. The van der Waals surface area contributed by atoms with Crippen molar-refractivity contribution >= 4 is 33.9 Å². The van der Waals surface area contributed by atoms with E-state index >= 15 is 0 Å². The monoisotopic (exact) mass is 370 g/mol. The first-order valence-electron chi connectivity index (χ1n) is 8.75. The van der Waals surface area contributed by atoms with Gasteiger partial charge in [0.05, 0.1) is 41.4 Å². The number of para-hydroxylation sites is 3. The molecule has 1 amide bonds. The van der Waals surface area contributed by atoms with E-state index in [9.17, 15) is 4.79 Å². The van der Waals surface area contributed by atoms with E-state index in [1.165, 1.54) is 6.20 Å². The number of carbonyl (C=O) groups is 1. The summed E-state index contributed by atoms with van der Waals surface area (Å²) in [7, 11) is 1.56. The Morgan fingerprint density at radius 1 is 0.964 bits per heavy atom. The Morgan fingerprint density at radius 2 is 1.79 bits per heavy atom. The molecule has 28 heavy (non-hydrogen) atoms. The van der Waals surface area contributed by atoms with Gasteiger partial charge in [-0.1, -0.05) is 30.3 Å². The largest absolute Gasteiger partial charge is 0.495 e. The van der Waals surface area contributed by atoms with E-state index in [1.54, 1.807) is 37.7 Å². The molecule has 4 rings (SSSR count). The molecule has 2 aromatic heterocycles. The molecule has 0 aliphatic rings. The van der Waals surface area contributed by atoms with Gasteiger partial charge in [0.15, 0.2) is 0 Å². The van der Waals surface area contributed by atoms with E-state index in [4.69, 9.17) is 4.74 Å². The molecule has 2 aromatic carbocycles. The first-order chi connectivity index (χ1) is 13.7. The molecule has 2 N–H and O–H groups in total. The van der Waals surface area contributed by atoms with E-state index in [2.05, 4.69) is 20.6 Å². The summed E-state index contributed by atoms with van der Waals surface area (Å²) in [6.07, 6.45) is 4.95. The van der Waals surface area contributed by atoms with Gasteiger partial charge in [-0.2, -0.15) is 0 Å². The van der Waals surface area contributed by atoms with Crippen molar-refractivity contribution in [3.63, 3.8) is 0 Å². The number of methoxy groups -OCH3 is 1. The van der Waals surface area contributed by atoms with Gasteiger partial charge in [-0.3, -0.25) is 14.8 Å². The number of nitrogens with zero attached hydrogens (tertiary/aromatic N) is 2. The number of hydrogen-bond acceptors (Lipinski definition) is 5. The standard InChI is InChI=1S/C22H18N4O2/c1-28-20-10-3-2-8-18(20)26-22(27)16-12-17(14-23-13-16)25-19-9-4-6-15-7-5-11-24-21(15)19/h2-14,25H,1H3,(H,26,27). The van der Waals surface area contributed by atoms with Crippen molar-refractivity contribution in [2.24, 2.45) is 0 Å². The Balaban J connectivity index is 1.58. The van der Waals surface area contributed by atoms with Crippen molar-refractivity contribution in [2.75, 3.05) is 17.7 Å². The van der Waals surface area contributed by atoms with Gasteiger partial charge in [0.1, 0.15) is 5.75 Å². The Kier molecular flexibility index (Phi) is 4.84. The third-order valence-corrected chi connectivity index (χ3v) is 4.27. The maximum absolute atomic E-state index is 12.7. The molecule has 6 nitrogen and oxygen atoms in total. The fraction of sp³-hybridized carbons (Fsp3) is 0.0455. The van der Waals surface area contributed by atoms with Gasteiger partial charge in [-0.05, 0) is 30.3 Å². The van der Waals surface area contributed by atoms with Crippen LogP contribution >= 0.6 is 0 Å². The molecule has 6 heteroatoms.